The Morgan fingerprint density at radius 2 is 1.58 bits per heavy atom. The van der Waals surface area contributed by atoms with Crippen LogP contribution < -0.4 is 0 Å². The lowest BCUT2D eigenvalue weighted by molar-refractivity contribution is -0.817. The molecule has 0 aromatic heterocycles. The van der Waals surface area contributed by atoms with Gasteiger partial charge in [0.2, 0.25) is 0 Å². The van der Waals surface area contributed by atoms with Crippen molar-refractivity contribution < 1.29 is 4.48 Å². The summed E-state index contributed by atoms with van der Waals surface area (Å²) in [6, 6.07) is 0. The highest BCUT2D eigenvalue weighted by Crippen LogP contribution is 2.24. The molecule has 0 amide bonds. The molecule has 0 rings (SSSR count). The number of hydrogen-bond donors (Lipinski definition) is 0. The Hall–Kier alpha value is -0.560. The topological polar surface area (TPSA) is 0 Å². The number of rotatable bonds is 2. The van der Waals surface area contributed by atoms with Gasteiger partial charge in [0, 0.05) is 0 Å². The fraction of sp³-hybridized carbons (Fsp3) is 0.636. The molecule has 0 heterocycles. The Morgan fingerprint density at radius 3 is 1.83 bits per heavy atom. The van der Waals surface area contributed by atoms with Gasteiger partial charge in [0.25, 0.3) is 0 Å². The average Bonchev–Trinajstić information content (AvgIpc) is 1.78. The monoisotopic (exact) mass is 168 g/mol. The van der Waals surface area contributed by atoms with Crippen LogP contribution in [0.15, 0.2) is 24.4 Å². The average molecular weight is 168 g/mol. The molecule has 0 aliphatic carbocycles. The van der Waals surface area contributed by atoms with Crippen molar-refractivity contribution >= 4 is 0 Å². The van der Waals surface area contributed by atoms with Crippen LogP contribution in [-0.2, 0) is 0 Å². The fourth-order valence-corrected chi connectivity index (χ4v) is 0.564. The first-order valence-corrected chi connectivity index (χ1v) is 4.33. The second-order valence-electron chi connectivity index (χ2n) is 5.21. The summed E-state index contributed by atoms with van der Waals surface area (Å²) in [5, 5.41) is 0. The lowest BCUT2D eigenvalue weighted by Gasteiger charge is -2.21. The SMILES string of the molecule is C=C(/C=C\[N+](C)(C)C)C(C)(C)C. The Balaban J connectivity index is 4.30. The van der Waals surface area contributed by atoms with E-state index in [0.717, 1.165) is 4.48 Å². The molecule has 0 N–H and O–H groups in total. The van der Waals surface area contributed by atoms with Gasteiger partial charge in [-0.25, -0.2) is 0 Å². The van der Waals surface area contributed by atoms with Crippen LogP contribution in [0.2, 0.25) is 0 Å². The van der Waals surface area contributed by atoms with Crippen molar-refractivity contribution in [1.82, 2.24) is 0 Å². The molecule has 0 aliphatic heterocycles. The van der Waals surface area contributed by atoms with E-state index in [2.05, 4.69) is 60.8 Å². The summed E-state index contributed by atoms with van der Waals surface area (Å²) in [5.74, 6) is 0. The van der Waals surface area contributed by atoms with Crippen LogP contribution >= 0.6 is 0 Å². The maximum Gasteiger partial charge on any atom is 0.0954 e. The lowest BCUT2D eigenvalue weighted by Crippen LogP contribution is -2.27. The van der Waals surface area contributed by atoms with E-state index >= 15 is 0 Å². The second kappa shape index (κ2) is 3.44. The van der Waals surface area contributed by atoms with E-state index in [-0.39, 0.29) is 5.41 Å². The number of hydrogen-bond acceptors (Lipinski definition) is 0. The maximum atomic E-state index is 4.03. The van der Waals surface area contributed by atoms with Crippen molar-refractivity contribution in [2.75, 3.05) is 21.1 Å². The molecule has 0 radical (unpaired) electrons. The minimum absolute atomic E-state index is 0.186. The molecule has 1 nitrogen and oxygen atoms in total. The first kappa shape index (κ1) is 11.4. The van der Waals surface area contributed by atoms with Crippen molar-refractivity contribution in [3.05, 3.63) is 24.4 Å². The predicted octanol–water partition coefficient (Wildman–Crippen LogP) is 2.81. The van der Waals surface area contributed by atoms with Gasteiger partial charge in [-0.15, -0.1) is 0 Å². The summed E-state index contributed by atoms with van der Waals surface area (Å²) in [4.78, 5) is 0. The van der Waals surface area contributed by atoms with Gasteiger partial charge in [0.1, 0.15) is 0 Å². The van der Waals surface area contributed by atoms with Crippen LogP contribution in [0.4, 0.5) is 0 Å². The summed E-state index contributed by atoms with van der Waals surface area (Å²) >= 11 is 0. The van der Waals surface area contributed by atoms with Gasteiger partial charge in [-0.2, -0.15) is 0 Å². The van der Waals surface area contributed by atoms with Crippen LogP contribution in [-0.4, -0.2) is 25.6 Å². The normalized spacial score (nSPS) is 13.8. The van der Waals surface area contributed by atoms with Gasteiger partial charge in [-0.1, -0.05) is 27.4 Å². The smallest absolute Gasteiger partial charge is 0.0954 e. The van der Waals surface area contributed by atoms with E-state index in [9.17, 15) is 0 Å². The van der Waals surface area contributed by atoms with Crippen molar-refractivity contribution in [2.45, 2.75) is 20.8 Å². The standard InChI is InChI=1S/C11H22N/c1-10(11(2,3)4)8-9-12(5,6)7/h8-9H,1H2,2-7H3/q+1/b9-8-. The zero-order chi connectivity index (χ0) is 9.99. The number of quaternary nitrogens is 1. The van der Waals surface area contributed by atoms with E-state index < -0.39 is 0 Å². The van der Waals surface area contributed by atoms with Crippen LogP contribution in [0, 0.1) is 5.41 Å². The van der Waals surface area contributed by atoms with Gasteiger partial charge in [0.05, 0.1) is 27.3 Å². The van der Waals surface area contributed by atoms with Crippen molar-refractivity contribution in [3.8, 4) is 0 Å². The fourth-order valence-electron chi connectivity index (χ4n) is 0.564. The van der Waals surface area contributed by atoms with Crippen molar-refractivity contribution in [2.24, 2.45) is 5.41 Å². The molecule has 0 atom stereocenters. The Bertz CT molecular complexity index is 186. The number of allylic oxidation sites excluding steroid dienone is 2. The molecule has 0 spiro atoms. The molecule has 0 unspecified atom stereocenters. The molecular formula is C11H22N+. The van der Waals surface area contributed by atoms with Gasteiger partial charge in [0.15, 0.2) is 0 Å². The third kappa shape index (κ3) is 5.14. The first-order valence-electron chi connectivity index (χ1n) is 4.33. The predicted molar refractivity (Wildman–Crippen MR) is 55.8 cm³/mol. The molecule has 0 fully saturated rings. The Labute approximate surface area is 77.0 Å². The summed E-state index contributed by atoms with van der Waals surface area (Å²) in [5.41, 5.74) is 1.36. The molecule has 12 heavy (non-hydrogen) atoms. The maximum absolute atomic E-state index is 4.03. The van der Waals surface area contributed by atoms with Gasteiger partial charge >= 0.3 is 0 Å². The molecular weight excluding hydrogens is 146 g/mol. The highest BCUT2D eigenvalue weighted by atomic mass is 15.3. The summed E-state index contributed by atoms with van der Waals surface area (Å²) in [6.45, 7) is 10.6. The van der Waals surface area contributed by atoms with Crippen molar-refractivity contribution in [3.63, 3.8) is 0 Å². The van der Waals surface area contributed by atoms with E-state index in [0.29, 0.717) is 0 Å². The summed E-state index contributed by atoms with van der Waals surface area (Å²) < 4.78 is 0.842. The highest BCUT2D eigenvalue weighted by molar-refractivity contribution is 5.19. The quantitative estimate of drug-likeness (QED) is 0.439. The highest BCUT2D eigenvalue weighted by Gasteiger charge is 2.13. The summed E-state index contributed by atoms with van der Waals surface area (Å²) in [7, 11) is 6.39. The molecule has 0 aliphatic rings. The van der Waals surface area contributed by atoms with Crippen LogP contribution in [0.3, 0.4) is 0 Å². The second-order valence-corrected chi connectivity index (χ2v) is 5.21. The Morgan fingerprint density at radius 1 is 1.17 bits per heavy atom. The van der Waals surface area contributed by atoms with E-state index in [1.807, 2.05) is 0 Å². The van der Waals surface area contributed by atoms with Gasteiger partial charge < -0.3 is 4.48 Å². The van der Waals surface area contributed by atoms with Gasteiger partial charge in [-0.05, 0) is 17.1 Å². The molecule has 0 saturated carbocycles. The molecule has 0 aromatic carbocycles. The zero-order valence-corrected chi connectivity index (χ0v) is 9.31. The van der Waals surface area contributed by atoms with Crippen LogP contribution in [0.5, 0.6) is 0 Å². The lowest BCUT2D eigenvalue weighted by atomic mass is 9.88. The third-order valence-electron chi connectivity index (χ3n) is 1.69. The molecule has 0 aromatic rings. The van der Waals surface area contributed by atoms with Crippen molar-refractivity contribution in [1.29, 1.82) is 0 Å². The van der Waals surface area contributed by atoms with E-state index in [1.165, 1.54) is 5.57 Å². The molecule has 0 saturated heterocycles. The molecule has 1 heteroatoms. The minimum Gasteiger partial charge on any atom is -0.305 e. The zero-order valence-electron chi connectivity index (χ0n) is 9.31. The van der Waals surface area contributed by atoms with Crippen LogP contribution in [0.1, 0.15) is 20.8 Å². The summed E-state index contributed by atoms with van der Waals surface area (Å²) in [6.07, 6.45) is 4.26. The minimum atomic E-state index is 0.186. The van der Waals surface area contributed by atoms with E-state index in [4.69, 9.17) is 0 Å². The first-order chi connectivity index (χ1) is 5.13. The van der Waals surface area contributed by atoms with E-state index in [1.54, 1.807) is 0 Å². The van der Waals surface area contributed by atoms with Crippen LogP contribution in [0.25, 0.3) is 0 Å². The third-order valence-corrected chi connectivity index (χ3v) is 1.69. The molecule has 70 valence electrons. The Kier molecular flexibility index (Phi) is 3.28. The van der Waals surface area contributed by atoms with Gasteiger partial charge in [-0.3, -0.25) is 0 Å². The largest absolute Gasteiger partial charge is 0.305 e. The number of nitrogens with zero attached hydrogens (tertiary/aromatic N) is 1. The molecule has 0 bridgehead atoms.